The second kappa shape index (κ2) is 9.28. The van der Waals surface area contributed by atoms with Crippen LogP contribution in [0.5, 0.6) is 0 Å². The molecule has 186 valence electrons. The van der Waals surface area contributed by atoms with Crippen molar-refractivity contribution in [1.82, 2.24) is 9.29 Å². The number of benzene rings is 2. The summed E-state index contributed by atoms with van der Waals surface area (Å²) < 4.78 is 20.8. The summed E-state index contributed by atoms with van der Waals surface area (Å²) in [6.07, 6.45) is 0.360. The van der Waals surface area contributed by atoms with Gasteiger partial charge < -0.3 is 14.6 Å². The molecular weight excluding hydrogens is 476 g/mol. The molecule has 8 heteroatoms. The van der Waals surface area contributed by atoms with Crippen LogP contribution in [0.1, 0.15) is 54.8 Å². The minimum absolute atomic E-state index is 0.0657. The molecule has 0 radical (unpaired) electrons. The smallest absolute Gasteiger partial charge is 0.354 e. The van der Waals surface area contributed by atoms with Gasteiger partial charge in [0.2, 0.25) is 0 Å². The van der Waals surface area contributed by atoms with Gasteiger partial charge in [-0.15, -0.1) is 0 Å². The average molecular weight is 505 g/mol. The lowest BCUT2D eigenvalue weighted by Gasteiger charge is -2.30. The third kappa shape index (κ3) is 4.36. The number of hydrogen-bond acceptors (Lipinski definition) is 5. The number of para-hydroxylation sites is 1. The lowest BCUT2D eigenvalue weighted by molar-refractivity contribution is 0.0690. The molecule has 1 unspecified atom stereocenters. The minimum Gasteiger partial charge on any atom is -0.477 e. The standard InChI is InChI=1S/C28H28N2O5S/c1-28(2,3)36(34)30-16-20-14-21(27(32)33)29-26(25(20)22(30)11-12-31)19-9-6-8-17(13-19)24-15-18-7-4-5-10-23(18)35-24/h4-10,13-15,22,31H,11-12,16H2,1-3H3,(H,32,33)/t22-,36?/m0/s1. The molecule has 5 rings (SSSR count). The Hall–Kier alpha value is -3.33. The highest BCUT2D eigenvalue weighted by Crippen LogP contribution is 2.44. The number of hydrogen-bond donors (Lipinski definition) is 2. The second-order valence-electron chi connectivity index (χ2n) is 9.93. The zero-order valence-electron chi connectivity index (χ0n) is 20.4. The number of aliphatic hydroxyl groups is 1. The molecule has 2 N–H and O–H groups in total. The monoisotopic (exact) mass is 504 g/mol. The molecule has 1 aliphatic heterocycles. The molecule has 0 saturated heterocycles. The molecule has 0 fully saturated rings. The summed E-state index contributed by atoms with van der Waals surface area (Å²) in [6, 6.07) is 18.6. The molecule has 7 nitrogen and oxygen atoms in total. The van der Waals surface area contributed by atoms with Crippen molar-refractivity contribution in [3.05, 3.63) is 77.5 Å². The third-order valence-corrected chi connectivity index (χ3v) is 8.21. The van der Waals surface area contributed by atoms with Gasteiger partial charge in [0.15, 0.2) is 0 Å². The van der Waals surface area contributed by atoms with Crippen molar-refractivity contribution in [1.29, 1.82) is 0 Å². The molecule has 36 heavy (non-hydrogen) atoms. The molecule has 0 aliphatic carbocycles. The summed E-state index contributed by atoms with van der Waals surface area (Å²) in [5.41, 5.74) is 4.40. The maximum Gasteiger partial charge on any atom is 0.354 e. The second-order valence-corrected chi connectivity index (χ2v) is 12.1. The molecule has 2 aromatic heterocycles. The number of fused-ring (bicyclic) bond motifs is 2. The van der Waals surface area contributed by atoms with Crippen molar-refractivity contribution in [3.8, 4) is 22.6 Å². The van der Waals surface area contributed by atoms with Crippen LogP contribution in [-0.4, -0.2) is 41.0 Å². The van der Waals surface area contributed by atoms with E-state index in [1.165, 1.54) is 0 Å². The van der Waals surface area contributed by atoms with E-state index in [1.807, 2.05) is 79.7 Å². The number of pyridine rings is 1. The topological polar surface area (TPSA) is 104 Å². The summed E-state index contributed by atoms with van der Waals surface area (Å²) >= 11 is 0. The zero-order chi connectivity index (χ0) is 25.6. The predicted octanol–water partition coefficient (Wildman–Crippen LogP) is 5.56. The number of carbonyl (C=O) groups is 1. The molecule has 3 heterocycles. The van der Waals surface area contributed by atoms with E-state index in [1.54, 1.807) is 6.07 Å². The van der Waals surface area contributed by atoms with Crippen LogP contribution in [0.3, 0.4) is 0 Å². The highest BCUT2D eigenvalue weighted by molar-refractivity contribution is 7.84. The Balaban J connectivity index is 1.66. The predicted molar refractivity (Wildman–Crippen MR) is 140 cm³/mol. The van der Waals surface area contributed by atoms with Crippen LogP contribution in [0.2, 0.25) is 0 Å². The fourth-order valence-corrected chi connectivity index (χ4v) is 6.14. The van der Waals surface area contributed by atoms with Crippen LogP contribution in [-0.2, 0) is 17.5 Å². The van der Waals surface area contributed by atoms with Gasteiger partial charge in [0.25, 0.3) is 0 Å². The quantitative estimate of drug-likeness (QED) is 0.356. The van der Waals surface area contributed by atoms with Crippen molar-refractivity contribution >= 4 is 27.9 Å². The van der Waals surface area contributed by atoms with Gasteiger partial charge in [-0.25, -0.2) is 18.3 Å². The SMILES string of the molecule is CC(C)(C)S(=O)N1Cc2cc(C(=O)O)nc(-c3cccc(-c4cc5ccccc5o4)c3)c2[C@@H]1CCO. The van der Waals surface area contributed by atoms with E-state index < -0.39 is 21.7 Å². The maximum absolute atomic E-state index is 13.4. The molecule has 0 bridgehead atoms. The van der Waals surface area contributed by atoms with Crippen LogP contribution in [0.25, 0.3) is 33.6 Å². The molecule has 4 aromatic rings. The first kappa shape index (κ1) is 24.4. The van der Waals surface area contributed by atoms with Crippen LogP contribution in [0, 0.1) is 0 Å². The van der Waals surface area contributed by atoms with E-state index in [-0.39, 0.29) is 18.3 Å². The molecule has 0 saturated carbocycles. The van der Waals surface area contributed by atoms with Crippen molar-refractivity contribution in [2.75, 3.05) is 6.61 Å². The Morgan fingerprint density at radius 3 is 2.56 bits per heavy atom. The first-order chi connectivity index (χ1) is 17.2. The number of carboxylic acid groups (broad SMARTS) is 1. The van der Waals surface area contributed by atoms with Crippen LogP contribution < -0.4 is 0 Å². The molecule has 1 aliphatic rings. The number of aromatic nitrogens is 1. The fourth-order valence-electron chi connectivity index (χ4n) is 4.74. The van der Waals surface area contributed by atoms with Crippen LogP contribution in [0.15, 0.2) is 65.1 Å². The Morgan fingerprint density at radius 2 is 1.86 bits per heavy atom. The summed E-state index contributed by atoms with van der Waals surface area (Å²) in [5, 5.41) is 20.6. The molecular formula is C28H28N2O5S. The Bertz CT molecular complexity index is 1450. The van der Waals surface area contributed by atoms with Gasteiger partial charge >= 0.3 is 5.97 Å². The highest BCUT2D eigenvalue weighted by Gasteiger charge is 2.40. The Kier molecular flexibility index (Phi) is 6.28. The highest BCUT2D eigenvalue weighted by atomic mass is 32.2. The number of carboxylic acids is 1. The summed E-state index contributed by atoms with van der Waals surface area (Å²) in [7, 11) is -1.36. The number of furan rings is 1. The lowest BCUT2D eigenvalue weighted by Crippen LogP contribution is -2.36. The van der Waals surface area contributed by atoms with Gasteiger partial charge in [-0.2, -0.15) is 0 Å². The van der Waals surface area contributed by atoms with E-state index in [9.17, 15) is 19.2 Å². The van der Waals surface area contributed by atoms with Gasteiger partial charge in [-0.3, -0.25) is 0 Å². The van der Waals surface area contributed by atoms with Crippen molar-refractivity contribution < 1.29 is 23.6 Å². The van der Waals surface area contributed by atoms with Crippen molar-refractivity contribution in [2.24, 2.45) is 0 Å². The number of rotatable bonds is 6. The number of aromatic carboxylic acids is 1. The van der Waals surface area contributed by atoms with E-state index in [0.717, 1.165) is 33.2 Å². The van der Waals surface area contributed by atoms with Gasteiger partial charge in [0, 0.05) is 35.2 Å². The van der Waals surface area contributed by atoms with Crippen molar-refractivity contribution in [3.63, 3.8) is 0 Å². The van der Waals surface area contributed by atoms with E-state index in [0.29, 0.717) is 24.4 Å². The van der Waals surface area contributed by atoms with Gasteiger partial charge in [-0.1, -0.05) is 36.4 Å². The Labute approximate surface area is 212 Å². The summed E-state index contributed by atoms with van der Waals surface area (Å²) in [5.74, 6) is -0.423. The summed E-state index contributed by atoms with van der Waals surface area (Å²) in [6.45, 7) is 5.94. The molecule has 0 amide bonds. The number of nitrogens with zero attached hydrogens (tertiary/aromatic N) is 2. The lowest BCUT2D eigenvalue weighted by atomic mass is 9.95. The Morgan fingerprint density at radius 1 is 1.11 bits per heavy atom. The van der Waals surface area contributed by atoms with E-state index >= 15 is 0 Å². The van der Waals surface area contributed by atoms with Gasteiger partial charge in [0.1, 0.15) is 28.0 Å². The largest absolute Gasteiger partial charge is 0.477 e. The van der Waals surface area contributed by atoms with Crippen molar-refractivity contribution in [2.45, 2.75) is 44.5 Å². The fraction of sp³-hybridized carbons (Fsp3) is 0.286. The molecule has 0 spiro atoms. The van der Waals surface area contributed by atoms with Gasteiger partial charge in [0.05, 0.1) is 16.5 Å². The first-order valence-corrected chi connectivity index (χ1v) is 12.9. The molecule has 2 atom stereocenters. The molecule has 2 aromatic carbocycles. The maximum atomic E-state index is 13.4. The third-order valence-electron chi connectivity index (χ3n) is 6.36. The van der Waals surface area contributed by atoms with E-state index in [2.05, 4.69) is 4.98 Å². The average Bonchev–Trinajstić information content (AvgIpc) is 3.44. The van der Waals surface area contributed by atoms with Crippen LogP contribution in [0.4, 0.5) is 0 Å². The minimum atomic E-state index is -1.36. The zero-order valence-corrected chi connectivity index (χ0v) is 21.2. The first-order valence-electron chi connectivity index (χ1n) is 11.8. The summed E-state index contributed by atoms with van der Waals surface area (Å²) in [4.78, 5) is 16.5. The normalized spacial score (nSPS) is 16.8. The van der Waals surface area contributed by atoms with E-state index in [4.69, 9.17) is 4.42 Å². The number of aliphatic hydroxyl groups excluding tert-OH is 1. The van der Waals surface area contributed by atoms with Gasteiger partial charge in [-0.05, 0) is 57.0 Å². The van der Waals surface area contributed by atoms with Crippen LogP contribution >= 0.6 is 0 Å².